The number of fused-ring (bicyclic) bond motifs is 2. The number of aromatic amines is 1. The highest BCUT2D eigenvalue weighted by Crippen LogP contribution is 2.48. The molecule has 5 N–H and O–H groups in total. The lowest BCUT2D eigenvalue weighted by Gasteiger charge is -2.47. The molecule has 0 radical (unpaired) electrons. The number of hydrogen-bond acceptors (Lipinski definition) is 2. The van der Waals surface area contributed by atoms with E-state index in [1.807, 2.05) is 6.07 Å². The highest BCUT2D eigenvalue weighted by Gasteiger charge is 2.58. The number of likely N-dealkylation sites (tertiary alicyclic amines) is 1. The van der Waals surface area contributed by atoms with Gasteiger partial charge in [-0.1, -0.05) is 49.6 Å². The van der Waals surface area contributed by atoms with E-state index in [0.29, 0.717) is 28.9 Å². The molecule has 2 unspecified atom stereocenters. The fourth-order valence-corrected chi connectivity index (χ4v) is 8.66. The number of benzene rings is 1. The normalized spacial score (nSPS) is 30.6. The zero-order valence-corrected chi connectivity index (χ0v) is 24.4. The van der Waals surface area contributed by atoms with Crippen LogP contribution in [0, 0.1) is 11.8 Å². The standard InChI is InChI=1S/C32H42ClN5O2/c1-34-31(40)36-26-14-16-32(24-12-13-28(33)37-29(24)26)20-35-19-25(32)30(39)38-17-15-23(21-8-4-2-5-9-21)18-27(38)22-10-6-3-7-11-22/h2,4-5,8-9,12-13,22-23,25-27,35H,3,6-7,10-11,14-20H2,1H3,(H2,34,36,40)/p+2/t23-,25?,26?,27+,32+/m1/s1. The van der Waals surface area contributed by atoms with Crippen molar-refractivity contribution in [2.45, 2.75) is 81.2 Å². The molecule has 40 heavy (non-hydrogen) atoms. The van der Waals surface area contributed by atoms with Crippen molar-refractivity contribution >= 4 is 23.5 Å². The number of halogens is 1. The summed E-state index contributed by atoms with van der Waals surface area (Å²) in [4.78, 5) is 32.7. The molecule has 1 aromatic heterocycles. The highest BCUT2D eigenvalue weighted by atomic mass is 35.5. The van der Waals surface area contributed by atoms with Crippen LogP contribution in [0.15, 0.2) is 42.5 Å². The van der Waals surface area contributed by atoms with E-state index in [-0.39, 0.29) is 23.4 Å². The number of nitrogens with one attached hydrogen (secondary N) is 3. The Kier molecular flexibility index (Phi) is 8.04. The Balaban J connectivity index is 1.30. The Morgan fingerprint density at radius 3 is 2.62 bits per heavy atom. The lowest BCUT2D eigenvalue weighted by molar-refractivity contribution is -0.640. The summed E-state index contributed by atoms with van der Waals surface area (Å²) in [6, 6.07) is 14.9. The second-order valence-corrected chi connectivity index (χ2v) is 12.9. The summed E-state index contributed by atoms with van der Waals surface area (Å²) >= 11 is 6.43. The minimum atomic E-state index is -0.262. The molecule has 1 spiro atoms. The molecule has 0 bridgehead atoms. The zero-order chi connectivity index (χ0) is 27.7. The molecule has 3 fully saturated rings. The number of nitrogens with two attached hydrogens (primary N) is 1. The van der Waals surface area contributed by atoms with Crippen LogP contribution in [0.3, 0.4) is 0 Å². The average molecular weight is 566 g/mol. The van der Waals surface area contributed by atoms with Crippen molar-refractivity contribution in [2.24, 2.45) is 11.8 Å². The van der Waals surface area contributed by atoms with E-state index in [2.05, 4.69) is 62.2 Å². The second kappa shape index (κ2) is 11.7. The van der Waals surface area contributed by atoms with E-state index < -0.39 is 0 Å². The molecule has 7 nitrogen and oxygen atoms in total. The van der Waals surface area contributed by atoms with Gasteiger partial charge in [0.1, 0.15) is 12.0 Å². The van der Waals surface area contributed by atoms with Crippen molar-refractivity contribution in [1.29, 1.82) is 0 Å². The Morgan fingerprint density at radius 1 is 1.05 bits per heavy atom. The van der Waals surface area contributed by atoms with Gasteiger partial charge in [0.05, 0.1) is 18.5 Å². The van der Waals surface area contributed by atoms with Crippen molar-refractivity contribution in [2.75, 3.05) is 26.7 Å². The molecular weight excluding hydrogens is 522 g/mol. The summed E-state index contributed by atoms with van der Waals surface area (Å²) in [5, 5.41) is 8.65. The van der Waals surface area contributed by atoms with Gasteiger partial charge in [0, 0.05) is 31.3 Å². The minimum Gasteiger partial charge on any atom is -0.345 e. The molecule has 3 amide bonds. The number of hydrogen-bond donors (Lipinski definition) is 3. The lowest BCUT2D eigenvalue weighted by atomic mass is 9.63. The number of pyridine rings is 1. The summed E-state index contributed by atoms with van der Waals surface area (Å²) in [6.45, 7) is 2.53. The summed E-state index contributed by atoms with van der Waals surface area (Å²) < 4.78 is 0. The fourth-order valence-electron chi connectivity index (χ4n) is 8.50. The van der Waals surface area contributed by atoms with Gasteiger partial charge in [-0.15, -0.1) is 0 Å². The number of aromatic nitrogens is 1. The van der Waals surface area contributed by atoms with Crippen molar-refractivity contribution < 1.29 is 19.9 Å². The van der Waals surface area contributed by atoms with Crippen LogP contribution >= 0.6 is 11.6 Å². The quantitative estimate of drug-likeness (QED) is 0.493. The Morgan fingerprint density at radius 2 is 1.85 bits per heavy atom. The van der Waals surface area contributed by atoms with Gasteiger partial charge in [0.2, 0.25) is 11.6 Å². The third kappa shape index (κ3) is 5.11. The molecule has 214 valence electrons. The van der Waals surface area contributed by atoms with Crippen molar-refractivity contribution in [3.8, 4) is 0 Å². The number of urea groups is 1. The number of quaternary nitrogens is 1. The van der Waals surface area contributed by atoms with Crippen LogP contribution in [0.4, 0.5) is 4.79 Å². The minimum absolute atomic E-state index is 0.0823. The number of nitrogens with zero attached hydrogens (tertiary/aromatic N) is 1. The lowest BCUT2D eigenvalue weighted by Crippen LogP contribution is -2.82. The smallest absolute Gasteiger partial charge is 0.315 e. The SMILES string of the molecule is CNC(=O)NC1CC[C@]2(C[NH2+]CC2C(=O)N2CC[C@@H](c3ccccc3)C[C@H]2C2CCCCC2)c2ccc(Cl)[nH+]c21. The molecule has 2 aromatic rings. The third-order valence-corrected chi connectivity index (χ3v) is 10.7. The van der Waals surface area contributed by atoms with Crippen molar-refractivity contribution in [3.05, 3.63) is 64.4 Å². The number of carbonyl (C=O) groups excluding carboxylic acids is 2. The molecule has 1 saturated carbocycles. The first kappa shape index (κ1) is 27.5. The number of carbonyl (C=O) groups is 2. The summed E-state index contributed by atoms with van der Waals surface area (Å²) in [5.41, 5.74) is 3.25. The zero-order valence-electron chi connectivity index (χ0n) is 23.6. The molecule has 2 aliphatic carbocycles. The molecule has 2 saturated heterocycles. The largest absolute Gasteiger partial charge is 0.345 e. The van der Waals surface area contributed by atoms with Crippen LogP contribution in [0.25, 0.3) is 0 Å². The monoisotopic (exact) mass is 565 g/mol. The molecule has 5 atom stereocenters. The van der Waals surface area contributed by atoms with Crippen molar-refractivity contribution in [3.63, 3.8) is 0 Å². The maximum atomic E-state index is 14.7. The molecule has 6 rings (SSSR count). The molecule has 2 aliphatic heterocycles. The van der Waals surface area contributed by atoms with E-state index >= 15 is 0 Å². The first-order valence-corrected chi connectivity index (χ1v) is 15.8. The summed E-state index contributed by atoms with van der Waals surface area (Å²) in [7, 11) is 1.63. The number of H-pyrrole nitrogens is 1. The van der Waals surface area contributed by atoms with E-state index in [1.54, 1.807) is 7.05 Å². The van der Waals surface area contributed by atoms with Crippen molar-refractivity contribution in [1.82, 2.24) is 15.5 Å². The Bertz CT molecular complexity index is 1220. The Hall–Kier alpha value is -2.64. The van der Waals surface area contributed by atoms with Gasteiger partial charge >= 0.3 is 6.03 Å². The van der Waals surface area contributed by atoms with E-state index in [4.69, 9.17) is 11.6 Å². The predicted octanol–water partition coefficient (Wildman–Crippen LogP) is 3.70. The second-order valence-electron chi connectivity index (χ2n) is 12.5. The first-order valence-electron chi connectivity index (χ1n) is 15.4. The number of rotatable bonds is 4. The molecule has 1 aromatic carbocycles. The van der Waals surface area contributed by atoms with Gasteiger partial charge in [-0.3, -0.25) is 4.79 Å². The first-order chi connectivity index (χ1) is 19.5. The summed E-state index contributed by atoms with van der Waals surface area (Å²) in [5.74, 6) is 1.37. The predicted molar refractivity (Wildman–Crippen MR) is 155 cm³/mol. The third-order valence-electron chi connectivity index (χ3n) is 10.5. The van der Waals surface area contributed by atoms with E-state index in [0.717, 1.165) is 56.6 Å². The Labute approximate surface area is 242 Å². The maximum absolute atomic E-state index is 14.7. The van der Waals surface area contributed by atoms with Gasteiger partial charge in [-0.05, 0) is 73.6 Å². The van der Waals surface area contributed by atoms with Crippen LogP contribution in [0.2, 0.25) is 5.15 Å². The van der Waals surface area contributed by atoms with Gasteiger partial charge in [-0.2, -0.15) is 4.98 Å². The maximum Gasteiger partial charge on any atom is 0.315 e. The van der Waals surface area contributed by atoms with Gasteiger partial charge in [0.25, 0.3) is 5.15 Å². The molecular formula is C32H44ClN5O2+2. The summed E-state index contributed by atoms with van der Waals surface area (Å²) in [6.07, 6.45) is 10.1. The van der Waals surface area contributed by atoms with Crippen LogP contribution in [-0.4, -0.2) is 49.6 Å². The van der Waals surface area contributed by atoms with Gasteiger partial charge in [-0.25, -0.2) is 4.79 Å². The molecule has 3 heterocycles. The topological polar surface area (TPSA) is 92.2 Å². The van der Waals surface area contributed by atoms with Crippen LogP contribution in [0.1, 0.15) is 86.6 Å². The van der Waals surface area contributed by atoms with E-state index in [1.165, 1.54) is 37.7 Å². The van der Waals surface area contributed by atoms with Gasteiger partial charge in [0.15, 0.2) is 0 Å². The number of amides is 3. The van der Waals surface area contributed by atoms with Crippen LogP contribution in [-0.2, 0) is 10.2 Å². The fraction of sp³-hybridized carbons (Fsp3) is 0.594. The number of piperidine rings is 1. The van der Waals surface area contributed by atoms with Crippen LogP contribution in [0.5, 0.6) is 0 Å². The van der Waals surface area contributed by atoms with Crippen LogP contribution < -0.4 is 20.9 Å². The highest BCUT2D eigenvalue weighted by molar-refractivity contribution is 6.28. The molecule has 8 heteroatoms. The van der Waals surface area contributed by atoms with E-state index in [9.17, 15) is 9.59 Å². The molecule has 4 aliphatic rings. The average Bonchev–Trinajstić information content (AvgIpc) is 3.43. The van der Waals surface area contributed by atoms with Gasteiger partial charge < -0.3 is 20.9 Å².